The van der Waals surface area contributed by atoms with Crippen LogP contribution in [0.3, 0.4) is 0 Å². The highest BCUT2D eigenvalue weighted by Gasteiger charge is 2.18. The molecule has 0 saturated carbocycles. The van der Waals surface area contributed by atoms with Crippen molar-refractivity contribution in [3.05, 3.63) is 0 Å². The molecule has 0 aromatic rings. The maximum atomic E-state index is 11.1. The number of rotatable bonds is 4. The van der Waals surface area contributed by atoms with Crippen molar-refractivity contribution in [3.63, 3.8) is 0 Å². The Morgan fingerprint density at radius 1 is 1.67 bits per heavy atom. The minimum Gasteiger partial charge on any atom is -0.409 e. The smallest absolute Gasteiger partial charge is 0.143 e. The van der Waals surface area contributed by atoms with Gasteiger partial charge in [-0.2, -0.15) is 0 Å². The van der Waals surface area contributed by atoms with Crippen LogP contribution in [0.5, 0.6) is 0 Å². The summed E-state index contributed by atoms with van der Waals surface area (Å²) < 4.78 is 11.1. The molecule has 1 aliphatic rings. The fourth-order valence-electron chi connectivity index (χ4n) is 1.54. The highest BCUT2D eigenvalue weighted by Crippen LogP contribution is 2.09. The molecule has 0 aliphatic carbocycles. The second kappa shape index (κ2) is 6.07. The molecule has 15 heavy (non-hydrogen) atoms. The Labute approximate surface area is 92.6 Å². The second-order valence-electron chi connectivity index (χ2n) is 3.96. The van der Waals surface area contributed by atoms with Crippen molar-refractivity contribution in [2.45, 2.75) is 25.8 Å². The molecule has 0 amide bonds. The van der Waals surface area contributed by atoms with Crippen LogP contribution in [0.2, 0.25) is 0 Å². The van der Waals surface area contributed by atoms with Crippen LogP contribution in [0.4, 0.5) is 0 Å². The zero-order valence-corrected chi connectivity index (χ0v) is 9.80. The maximum Gasteiger partial charge on any atom is 0.143 e. The Morgan fingerprint density at radius 3 is 2.80 bits per heavy atom. The summed E-state index contributed by atoms with van der Waals surface area (Å²) in [5, 5.41) is 14.8. The lowest BCUT2D eigenvalue weighted by Gasteiger charge is -2.24. The van der Waals surface area contributed by atoms with E-state index in [0.717, 1.165) is 24.3 Å². The molecule has 88 valence electrons. The fourth-order valence-corrected chi connectivity index (χ4v) is 2.84. The van der Waals surface area contributed by atoms with Gasteiger partial charge < -0.3 is 16.3 Å². The molecule has 1 saturated heterocycles. The first kappa shape index (κ1) is 12.4. The van der Waals surface area contributed by atoms with Gasteiger partial charge in [0.05, 0.1) is 0 Å². The Bertz CT molecular complexity index is 248. The Kier molecular flexibility index (Phi) is 5.04. The van der Waals surface area contributed by atoms with Gasteiger partial charge in [0.2, 0.25) is 0 Å². The summed E-state index contributed by atoms with van der Waals surface area (Å²) in [6.45, 7) is 2.61. The normalized spacial score (nSPS) is 30.1. The van der Waals surface area contributed by atoms with E-state index < -0.39 is 10.8 Å². The van der Waals surface area contributed by atoms with Crippen LogP contribution in [-0.2, 0) is 10.8 Å². The van der Waals surface area contributed by atoms with Gasteiger partial charge in [-0.3, -0.25) is 4.21 Å². The number of amidine groups is 1. The predicted octanol–water partition coefficient (Wildman–Crippen LogP) is -0.130. The highest BCUT2D eigenvalue weighted by atomic mass is 32.2. The van der Waals surface area contributed by atoms with Crippen molar-refractivity contribution in [1.29, 1.82) is 0 Å². The summed E-state index contributed by atoms with van der Waals surface area (Å²) in [7, 11) is -0.614. The zero-order chi connectivity index (χ0) is 11.3. The summed E-state index contributed by atoms with van der Waals surface area (Å²) in [4.78, 5) is 0. The van der Waals surface area contributed by atoms with Crippen molar-refractivity contribution in [2.75, 3.05) is 18.1 Å². The first-order chi connectivity index (χ1) is 7.13. The van der Waals surface area contributed by atoms with Crippen LogP contribution in [0.15, 0.2) is 5.16 Å². The van der Waals surface area contributed by atoms with E-state index in [0.29, 0.717) is 12.6 Å². The molecule has 0 spiro atoms. The third kappa shape index (κ3) is 4.17. The monoisotopic (exact) mass is 233 g/mol. The number of oxime groups is 1. The van der Waals surface area contributed by atoms with Gasteiger partial charge in [0.15, 0.2) is 0 Å². The maximum absolute atomic E-state index is 11.1. The molecule has 6 heteroatoms. The van der Waals surface area contributed by atoms with Crippen molar-refractivity contribution in [2.24, 2.45) is 16.8 Å². The van der Waals surface area contributed by atoms with Crippen molar-refractivity contribution in [3.8, 4) is 0 Å². The van der Waals surface area contributed by atoms with E-state index in [1.807, 2.05) is 6.92 Å². The molecule has 4 N–H and O–H groups in total. The van der Waals surface area contributed by atoms with Gasteiger partial charge in [-0.1, -0.05) is 12.1 Å². The molecule has 1 unspecified atom stereocenters. The van der Waals surface area contributed by atoms with Crippen LogP contribution in [0.1, 0.15) is 19.8 Å². The number of nitrogens with zero attached hydrogens (tertiary/aromatic N) is 1. The average Bonchev–Trinajstić information content (AvgIpc) is 2.26. The SMILES string of the molecule is CC(CNC1CCS(=O)CC1)C(N)=NO. The molecule has 1 aliphatic heterocycles. The first-order valence-corrected chi connectivity index (χ1v) is 6.68. The summed E-state index contributed by atoms with van der Waals surface area (Å²) in [6.07, 6.45) is 1.91. The van der Waals surface area contributed by atoms with Gasteiger partial charge in [-0.25, -0.2) is 0 Å². The van der Waals surface area contributed by atoms with E-state index in [1.165, 1.54) is 0 Å². The highest BCUT2D eigenvalue weighted by molar-refractivity contribution is 7.85. The van der Waals surface area contributed by atoms with Crippen LogP contribution >= 0.6 is 0 Å². The average molecular weight is 233 g/mol. The van der Waals surface area contributed by atoms with Crippen LogP contribution < -0.4 is 11.1 Å². The lowest BCUT2D eigenvalue weighted by atomic mass is 10.1. The number of nitrogens with two attached hydrogens (primary N) is 1. The molecule has 5 nitrogen and oxygen atoms in total. The van der Waals surface area contributed by atoms with Crippen LogP contribution in [0.25, 0.3) is 0 Å². The van der Waals surface area contributed by atoms with E-state index in [4.69, 9.17) is 10.9 Å². The minimum atomic E-state index is -0.614. The molecule has 0 aromatic carbocycles. The Balaban J connectivity index is 2.22. The van der Waals surface area contributed by atoms with E-state index >= 15 is 0 Å². The lowest BCUT2D eigenvalue weighted by Crippen LogP contribution is -2.40. The van der Waals surface area contributed by atoms with Crippen molar-refractivity contribution >= 4 is 16.6 Å². The molecular formula is C9H19N3O2S. The van der Waals surface area contributed by atoms with Gasteiger partial charge >= 0.3 is 0 Å². The molecular weight excluding hydrogens is 214 g/mol. The van der Waals surface area contributed by atoms with E-state index in [9.17, 15) is 4.21 Å². The number of nitrogens with one attached hydrogen (secondary N) is 1. The molecule has 1 rings (SSSR count). The molecule has 1 atom stereocenters. The van der Waals surface area contributed by atoms with Crippen molar-refractivity contribution in [1.82, 2.24) is 5.32 Å². The molecule has 1 fully saturated rings. The zero-order valence-electron chi connectivity index (χ0n) is 8.98. The van der Waals surface area contributed by atoms with Gasteiger partial charge in [-0.05, 0) is 12.8 Å². The van der Waals surface area contributed by atoms with E-state index in [2.05, 4.69) is 10.5 Å². The summed E-state index contributed by atoms with van der Waals surface area (Å²) in [5.74, 6) is 1.86. The van der Waals surface area contributed by atoms with Gasteiger partial charge in [0.1, 0.15) is 5.84 Å². The molecule has 0 radical (unpaired) electrons. The van der Waals surface area contributed by atoms with Crippen molar-refractivity contribution < 1.29 is 9.42 Å². The van der Waals surface area contributed by atoms with Crippen LogP contribution in [0, 0.1) is 5.92 Å². The summed E-state index contributed by atoms with van der Waals surface area (Å²) in [5.41, 5.74) is 5.47. The topological polar surface area (TPSA) is 87.7 Å². The second-order valence-corrected chi connectivity index (χ2v) is 5.65. The minimum absolute atomic E-state index is 0.0300. The summed E-state index contributed by atoms with van der Waals surface area (Å²) >= 11 is 0. The lowest BCUT2D eigenvalue weighted by molar-refractivity contribution is 0.313. The van der Waals surface area contributed by atoms with Gasteiger partial charge in [0, 0.05) is 40.8 Å². The predicted molar refractivity (Wildman–Crippen MR) is 61.5 cm³/mol. The largest absolute Gasteiger partial charge is 0.409 e. The summed E-state index contributed by atoms with van der Waals surface area (Å²) in [6, 6.07) is 0.427. The Hall–Kier alpha value is -0.620. The third-order valence-corrected chi connectivity index (χ3v) is 4.10. The third-order valence-electron chi connectivity index (χ3n) is 2.72. The van der Waals surface area contributed by atoms with Gasteiger partial charge in [0.25, 0.3) is 0 Å². The molecule has 1 heterocycles. The van der Waals surface area contributed by atoms with E-state index in [-0.39, 0.29) is 11.8 Å². The standard InChI is InChI=1S/C9H19N3O2S/c1-7(9(10)12-13)6-11-8-2-4-15(14)5-3-8/h7-8,11,13H,2-6H2,1H3,(H2,10,12). The van der Waals surface area contributed by atoms with Gasteiger partial charge in [-0.15, -0.1) is 0 Å². The van der Waals surface area contributed by atoms with E-state index in [1.54, 1.807) is 0 Å². The quantitative estimate of drug-likeness (QED) is 0.273. The molecule has 0 bridgehead atoms. The number of hydrogen-bond donors (Lipinski definition) is 3. The Morgan fingerprint density at radius 2 is 2.27 bits per heavy atom. The number of hydrogen-bond acceptors (Lipinski definition) is 4. The molecule has 0 aromatic heterocycles. The fraction of sp³-hybridized carbons (Fsp3) is 0.889. The van der Waals surface area contributed by atoms with Crippen LogP contribution in [-0.4, -0.2) is 39.3 Å². The first-order valence-electron chi connectivity index (χ1n) is 5.19.